The van der Waals surface area contributed by atoms with Crippen LogP contribution in [0.5, 0.6) is 0 Å². The van der Waals surface area contributed by atoms with E-state index in [2.05, 4.69) is 10.1 Å². The van der Waals surface area contributed by atoms with Gasteiger partial charge in [0, 0.05) is 10.5 Å². The lowest BCUT2D eigenvalue weighted by Gasteiger charge is -2.11. The van der Waals surface area contributed by atoms with Crippen molar-refractivity contribution in [3.05, 3.63) is 30.1 Å². The van der Waals surface area contributed by atoms with Crippen molar-refractivity contribution >= 4 is 11.8 Å². The van der Waals surface area contributed by atoms with Gasteiger partial charge in [0.1, 0.15) is 0 Å². The summed E-state index contributed by atoms with van der Waals surface area (Å²) < 4.78 is 5.20. The Kier molecular flexibility index (Phi) is 3.22. The molecule has 0 aliphatic carbocycles. The maximum absolute atomic E-state index is 5.91. The van der Waals surface area contributed by atoms with Crippen molar-refractivity contribution in [2.75, 3.05) is 6.26 Å². The molecule has 0 saturated carbocycles. The molecule has 1 aromatic carbocycles. The highest BCUT2D eigenvalue weighted by Gasteiger charge is 2.21. The summed E-state index contributed by atoms with van der Waals surface area (Å²) in [6.07, 6.45) is 2.04. The first-order valence-electron chi connectivity index (χ1n) is 5.28. The zero-order valence-electron chi connectivity index (χ0n) is 10.1. The Balaban J connectivity index is 2.30. The highest BCUT2D eigenvalue weighted by Crippen LogP contribution is 2.23. The molecule has 90 valence electrons. The number of aromatic nitrogens is 2. The number of nitrogens with two attached hydrogens (primary N) is 1. The van der Waals surface area contributed by atoms with E-state index in [0.717, 1.165) is 5.56 Å². The lowest BCUT2D eigenvalue weighted by molar-refractivity contribution is 0.397. The SMILES string of the molecule is CSc1ccc(-c2nc(C(C)(C)N)no2)cc1. The average Bonchev–Trinajstić information content (AvgIpc) is 2.78. The fourth-order valence-electron chi connectivity index (χ4n) is 1.34. The van der Waals surface area contributed by atoms with Crippen LogP contribution in [-0.2, 0) is 5.54 Å². The molecule has 2 N–H and O–H groups in total. The maximum Gasteiger partial charge on any atom is 0.257 e. The van der Waals surface area contributed by atoms with Crippen LogP contribution in [0.4, 0.5) is 0 Å². The second-order valence-electron chi connectivity index (χ2n) is 4.37. The van der Waals surface area contributed by atoms with E-state index in [1.165, 1.54) is 4.90 Å². The third-order valence-electron chi connectivity index (χ3n) is 2.34. The first-order chi connectivity index (χ1) is 8.00. The fourth-order valence-corrected chi connectivity index (χ4v) is 1.74. The molecule has 17 heavy (non-hydrogen) atoms. The minimum Gasteiger partial charge on any atom is -0.334 e. The molecular formula is C12H15N3OS. The van der Waals surface area contributed by atoms with Crippen LogP contribution in [0.15, 0.2) is 33.7 Å². The average molecular weight is 249 g/mol. The van der Waals surface area contributed by atoms with Gasteiger partial charge in [0.05, 0.1) is 5.54 Å². The minimum absolute atomic E-state index is 0.506. The predicted octanol–water partition coefficient (Wildman–Crippen LogP) is 2.65. The van der Waals surface area contributed by atoms with Gasteiger partial charge < -0.3 is 10.3 Å². The van der Waals surface area contributed by atoms with Gasteiger partial charge in [0.25, 0.3) is 5.89 Å². The molecule has 0 aliphatic rings. The molecule has 2 rings (SSSR count). The van der Waals surface area contributed by atoms with Crippen LogP contribution in [0.1, 0.15) is 19.7 Å². The second-order valence-corrected chi connectivity index (χ2v) is 5.25. The molecule has 0 saturated heterocycles. The molecule has 0 radical (unpaired) electrons. The third-order valence-corrected chi connectivity index (χ3v) is 3.08. The normalized spacial score (nSPS) is 11.8. The van der Waals surface area contributed by atoms with E-state index < -0.39 is 5.54 Å². The Labute approximate surface area is 105 Å². The van der Waals surface area contributed by atoms with E-state index in [9.17, 15) is 0 Å². The van der Waals surface area contributed by atoms with Crippen molar-refractivity contribution < 1.29 is 4.52 Å². The van der Waals surface area contributed by atoms with Crippen LogP contribution in [0.2, 0.25) is 0 Å². The van der Waals surface area contributed by atoms with Crippen LogP contribution in [-0.4, -0.2) is 16.4 Å². The van der Waals surface area contributed by atoms with Gasteiger partial charge in [0.2, 0.25) is 0 Å². The number of hydrogen-bond acceptors (Lipinski definition) is 5. The quantitative estimate of drug-likeness (QED) is 0.847. The molecule has 2 aromatic rings. The second kappa shape index (κ2) is 4.50. The van der Waals surface area contributed by atoms with Crippen molar-refractivity contribution in [2.45, 2.75) is 24.3 Å². The molecule has 1 aromatic heterocycles. The van der Waals surface area contributed by atoms with Gasteiger partial charge in [-0.15, -0.1) is 11.8 Å². The first-order valence-corrected chi connectivity index (χ1v) is 6.50. The number of benzene rings is 1. The Hall–Kier alpha value is -1.33. The van der Waals surface area contributed by atoms with Gasteiger partial charge in [-0.1, -0.05) is 5.16 Å². The van der Waals surface area contributed by atoms with Gasteiger partial charge in [-0.3, -0.25) is 0 Å². The standard InChI is InChI=1S/C12H15N3OS/c1-12(2,13)11-14-10(16-15-11)8-4-6-9(17-3)7-5-8/h4-7H,13H2,1-3H3. The minimum atomic E-state index is -0.582. The summed E-state index contributed by atoms with van der Waals surface area (Å²) in [4.78, 5) is 5.50. The molecule has 0 unspecified atom stereocenters. The zero-order chi connectivity index (χ0) is 12.5. The van der Waals surface area contributed by atoms with Crippen LogP contribution in [0.25, 0.3) is 11.5 Å². The van der Waals surface area contributed by atoms with E-state index in [0.29, 0.717) is 11.7 Å². The summed E-state index contributed by atoms with van der Waals surface area (Å²) in [5.74, 6) is 1.02. The van der Waals surface area contributed by atoms with Crippen LogP contribution < -0.4 is 5.73 Å². The molecule has 0 amide bonds. The van der Waals surface area contributed by atoms with Crippen molar-refractivity contribution in [2.24, 2.45) is 5.73 Å². The van der Waals surface area contributed by atoms with Crippen LogP contribution in [0, 0.1) is 0 Å². The van der Waals surface area contributed by atoms with Gasteiger partial charge >= 0.3 is 0 Å². The molecule has 0 spiro atoms. The first kappa shape index (κ1) is 12.1. The molecule has 1 heterocycles. The van der Waals surface area contributed by atoms with Crippen molar-refractivity contribution in [3.8, 4) is 11.5 Å². The molecule has 0 bridgehead atoms. The number of thioether (sulfide) groups is 1. The summed E-state index contributed by atoms with van der Waals surface area (Å²) in [5.41, 5.74) is 6.23. The van der Waals surface area contributed by atoms with E-state index in [1.54, 1.807) is 11.8 Å². The van der Waals surface area contributed by atoms with Gasteiger partial charge in [-0.05, 0) is 44.4 Å². The van der Waals surface area contributed by atoms with E-state index in [-0.39, 0.29) is 0 Å². The van der Waals surface area contributed by atoms with Crippen LogP contribution in [0.3, 0.4) is 0 Å². The number of hydrogen-bond donors (Lipinski definition) is 1. The monoisotopic (exact) mass is 249 g/mol. The Morgan fingerprint density at radius 2 is 1.88 bits per heavy atom. The fraction of sp³-hybridized carbons (Fsp3) is 0.333. The highest BCUT2D eigenvalue weighted by molar-refractivity contribution is 7.98. The zero-order valence-corrected chi connectivity index (χ0v) is 10.9. The molecule has 5 heteroatoms. The predicted molar refractivity (Wildman–Crippen MR) is 68.7 cm³/mol. The third kappa shape index (κ3) is 2.68. The largest absolute Gasteiger partial charge is 0.334 e. The van der Waals surface area contributed by atoms with E-state index >= 15 is 0 Å². The van der Waals surface area contributed by atoms with Gasteiger partial charge in [-0.25, -0.2) is 0 Å². The summed E-state index contributed by atoms with van der Waals surface area (Å²) in [6.45, 7) is 3.69. The van der Waals surface area contributed by atoms with Crippen molar-refractivity contribution in [3.63, 3.8) is 0 Å². The Bertz CT molecular complexity index is 499. The molecule has 0 aliphatic heterocycles. The lowest BCUT2D eigenvalue weighted by atomic mass is 10.1. The topological polar surface area (TPSA) is 64.9 Å². The summed E-state index contributed by atoms with van der Waals surface area (Å²) in [7, 11) is 0. The Morgan fingerprint density at radius 1 is 1.24 bits per heavy atom. The van der Waals surface area contributed by atoms with Gasteiger partial charge in [0.15, 0.2) is 5.82 Å². The smallest absolute Gasteiger partial charge is 0.257 e. The Morgan fingerprint density at radius 3 is 2.35 bits per heavy atom. The maximum atomic E-state index is 5.91. The highest BCUT2D eigenvalue weighted by atomic mass is 32.2. The van der Waals surface area contributed by atoms with Crippen LogP contribution >= 0.6 is 11.8 Å². The van der Waals surface area contributed by atoms with Crippen molar-refractivity contribution in [1.82, 2.24) is 10.1 Å². The van der Waals surface area contributed by atoms with Crippen molar-refractivity contribution in [1.29, 1.82) is 0 Å². The van der Waals surface area contributed by atoms with E-state index in [4.69, 9.17) is 10.3 Å². The molecule has 4 nitrogen and oxygen atoms in total. The molecule has 0 atom stereocenters. The number of rotatable bonds is 3. The van der Waals surface area contributed by atoms with Gasteiger partial charge in [-0.2, -0.15) is 4.98 Å². The molecular weight excluding hydrogens is 234 g/mol. The summed E-state index contributed by atoms with van der Waals surface area (Å²) in [6, 6.07) is 7.98. The number of nitrogens with zero attached hydrogens (tertiary/aromatic N) is 2. The molecule has 0 fully saturated rings. The van der Waals surface area contributed by atoms with E-state index in [1.807, 2.05) is 44.4 Å². The lowest BCUT2D eigenvalue weighted by Crippen LogP contribution is -2.30. The summed E-state index contributed by atoms with van der Waals surface area (Å²) in [5, 5.41) is 3.89. The summed E-state index contributed by atoms with van der Waals surface area (Å²) >= 11 is 1.70.